The summed E-state index contributed by atoms with van der Waals surface area (Å²) in [5, 5.41) is 10.3. The lowest BCUT2D eigenvalue weighted by Crippen LogP contribution is -2.39. The number of nitrogens with one attached hydrogen (secondary N) is 1. The molecule has 8 heteroatoms. The third-order valence-electron chi connectivity index (χ3n) is 4.36. The topological polar surface area (TPSA) is 96.2 Å². The van der Waals surface area contributed by atoms with Gasteiger partial charge in [-0.3, -0.25) is 14.3 Å². The molecule has 2 N–H and O–H groups in total. The molecule has 0 radical (unpaired) electrons. The number of aliphatic hydroxyl groups excluding tert-OH is 1. The normalized spacial score (nSPS) is 17.3. The maximum absolute atomic E-state index is 12.2. The van der Waals surface area contributed by atoms with Crippen molar-refractivity contribution in [3.05, 3.63) is 50.7 Å². The number of fused-ring (bicyclic) bond motifs is 3. The van der Waals surface area contributed by atoms with E-state index in [1.165, 1.54) is 4.57 Å². The van der Waals surface area contributed by atoms with E-state index in [4.69, 9.17) is 0 Å². The zero-order valence-electron chi connectivity index (χ0n) is 13.4. The number of anilines is 2. The van der Waals surface area contributed by atoms with Crippen LogP contribution < -0.4 is 16.1 Å². The minimum Gasteiger partial charge on any atom is -0.389 e. The molecule has 0 saturated carbocycles. The number of benzene rings is 1. The lowest BCUT2D eigenvalue weighted by atomic mass is 10.2. The van der Waals surface area contributed by atoms with Gasteiger partial charge in [-0.25, -0.2) is 4.79 Å². The Bertz CT molecular complexity index is 1040. The van der Waals surface area contributed by atoms with Crippen LogP contribution in [0, 0.1) is 6.92 Å². The summed E-state index contributed by atoms with van der Waals surface area (Å²) < 4.78 is 2.98. The summed E-state index contributed by atoms with van der Waals surface area (Å²) in [6.45, 7) is 2.63. The van der Waals surface area contributed by atoms with Gasteiger partial charge in [-0.15, -0.1) is 0 Å². The van der Waals surface area contributed by atoms with Gasteiger partial charge in [-0.1, -0.05) is 17.7 Å². The number of hydrogen-bond acceptors (Lipinski definition) is 5. The predicted molar refractivity (Wildman–Crippen MR) is 89.8 cm³/mol. The summed E-state index contributed by atoms with van der Waals surface area (Å²) in [5.74, 6) is 0.547. The van der Waals surface area contributed by atoms with E-state index in [1.54, 1.807) is 11.6 Å². The second kappa shape index (κ2) is 5.07. The van der Waals surface area contributed by atoms with Crippen LogP contribution in [0.1, 0.15) is 5.56 Å². The summed E-state index contributed by atoms with van der Waals surface area (Å²) in [6, 6.07) is 7.85. The number of aryl methyl sites for hydroxylation is 2. The summed E-state index contributed by atoms with van der Waals surface area (Å²) >= 11 is 0. The molecule has 4 rings (SSSR count). The minimum atomic E-state index is -0.646. The highest BCUT2D eigenvalue weighted by Crippen LogP contribution is 2.30. The van der Waals surface area contributed by atoms with E-state index in [-0.39, 0.29) is 6.54 Å². The van der Waals surface area contributed by atoms with Crippen LogP contribution >= 0.6 is 0 Å². The summed E-state index contributed by atoms with van der Waals surface area (Å²) in [6.07, 6.45) is -0.646. The molecule has 0 saturated heterocycles. The van der Waals surface area contributed by atoms with Crippen molar-refractivity contribution in [2.45, 2.75) is 19.6 Å². The first-order chi connectivity index (χ1) is 11.5. The quantitative estimate of drug-likeness (QED) is 0.668. The number of nitrogens with zero attached hydrogens (tertiary/aromatic N) is 4. The van der Waals surface area contributed by atoms with Crippen LogP contribution in [-0.4, -0.2) is 36.9 Å². The molecule has 0 bridgehead atoms. The first-order valence-electron chi connectivity index (χ1n) is 7.67. The number of hydrogen-bond donors (Lipinski definition) is 2. The number of aliphatic hydroxyl groups is 1. The lowest BCUT2D eigenvalue weighted by Gasteiger charge is -2.32. The van der Waals surface area contributed by atoms with Gasteiger partial charge in [0.25, 0.3) is 5.56 Å². The standard InChI is InChI=1S/C16H17N5O3/c1-9-3-5-10(6-4-9)20-7-11(22)8-21-12-13(17-15(20)21)19(2)16(24)18-14(12)23/h3-6,11,22H,7-8H2,1-2H3,(H,18,23,24)/t11-/m1/s1. The van der Waals surface area contributed by atoms with E-state index in [1.807, 2.05) is 36.1 Å². The van der Waals surface area contributed by atoms with Crippen LogP contribution in [-0.2, 0) is 13.6 Å². The zero-order chi connectivity index (χ0) is 17.0. The Morgan fingerprint density at radius 1 is 1.21 bits per heavy atom. The molecule has 8 nitrogen and oxygen atoms in total. The van der Waals surface area contributed by atoms with E-state index in [2.05, 4.69) is 9.97 Å². The molecule has 3 aromatic rings. The molecule has 0 amide bonds. The fourth-order valence-electron chi connectivity index (χ4n) is 3.11. The first kappa shape index (κ1) is 14.7. The van der Waals surface area contributed by atoms with Gasteiger partial charge in [0.2, 0.25) is 5.95 Å². The monoisotopic (exact) mass is 327 g/mol. The summed E-state index contributed by atoms with van der Waals surface area (Å²) in [4.78, 5) is 32.7. The molecule has 0 aliphatic carbocycles. The Hall–Kier alpha value is -2.87. The van der Waals surface area contributed by atoms with E-state index in [0.29, 0.717) is 23.7 Å². The Labute approximate surface area is 136 Å². The van der Waals surface area contributed by atoms with Gasteiger partial charge < -0.3 is 14.6 Å². The molecular weight excluding hydrogens is 310 g/mol. The molecule has 1 aliphatic rings. The molecule has 124 valence electrons. The molecule has 0 unspecified atom stereocenters. The highest BCUT2D eigenvalue weighted by Gasteiger charge is 2.29. The van der Waals surface area contributed by atoms with E-state index in [0.717, 1.165) is 11.3 Å². The number of aromatic nitrogens is 4. The van der Waals surface area contributed by atoms with Crippen molar-refractivity contribution < 1.29 is 5.11 Å². The second-order valence-electron chi connectivity index (χ2n) is 6.11. The lowest BCUT2D eigenvalue weighted by molar-refractivity contribution is 0.154. The van der Waals surface area contributed by atoms with Gasteiger partial charge in [0.15, 0.2) is 11.2 Å². The van der Waals surface area contributed by atoms with E-state index in [9.17, 15) is 14.7 Å². The van der Waals surface area contributed by atoms with Crippen molar-refractivity contribution >= 4 is 22.8 Å². The van der Waals surface area contributed by atoms with Gasteiger partial charge in [-0.2, -0.15) is 4.98 Å². The van der Waals surface area contributed by atoms with Crippen molar-refractivity contribution in [2.75, 3.05) is 11.4 Å². The zero-order valence-corrected chi connectivity index (χ0v) is 13.4. The van der Waals surface area contributed by atoms with Crippen molar-refractivity contribution in [1.82, 2.24) is 19.1 Å². The minimum absolute atomic E-state index is 0.259. The molecule has 1 aliphatic heterocycles. The molecule has 0 fully saturated rings. The Kier molecular flexibility index (Phi) is 3.10. The third kappa shape index (κ3) is 2.07. The maximum Gasteiger partial charge on any atom is 0.329 e. The van der Waals surface area contributed by atoms with E-state index >= 15 is 0 Å². The molecule has 2 aromatic heterocycles. The van der Waals surface area contributed by atoms with Crippen LogP contribution in [0.2, 0.25) is 0 Å². The Morgan fingerprint density at radius 2 is 1.92 bits per heavy atom. The molecule has 0 spiro atoms. The number of aromatic amines is 1. The Balaban J connectivity index is 2.00. The average Bonchev–Trinajstić information content (AvgIpc) is 2.92. The number of H-pyrrole nitrogens is 1. The highest BCUT2D eigenvalue weighted by molar-refractivity contribution is 5.77. The number of β-amino-alcohol motifs (C(OH)–C–C–N with tert-alkyl or cyclic N) is 1. The second-order valence-corrected chi connectivity index (χ2v) is 6.11. The van der Waals surface area contributed by atoms with Gasteiger partial charge in [0.05, 0.1) is 19.2 Å². The average molecular weight is 327 g/mol. The SMILES string of the molecule is Cc1ccc(N2C[C@@H](O)Cn3c2nc2c3c(=O)[nH]c(=O)n2C)cc1. The third-order valence-corrected chi connectivity index (χ3v) is 4.36. The smallest absolute Gasteiger partial charge is 0.329 e. The Morgan fingerprint density at radius 3 is 2.62 bits per heavy atom. The first-order valence-corrected chi connectivity index (χ1v) is 7.67. The van der Waals surface area contributed by atoms with Crippen molar-refractivity contribution in [2.24, 2.45) is 7.05 Å². The summed E-state index contributed by atoms with van der Waals surface area (Å²) in [5.41, 5.74) is 1.60. The van der Waals surface area contributed by atoms with Crippen molar-refractivity contribution in [1.29, 1.82) is 0 Å². The highest BCUT2D eigenvalue weighted by atomic mass is 16.3. The van der Waals surface area contributed by atoms with Crippen LogP contribution in [0.15, 0.2) is 33.9 Å². The van der Waals surface area contributed by atoms with Gasteiger partial charge in [0.1, 0.15) is 0 Å². The van der Waals surface area contributed by atoms with Crippen LogP contribution in [0.5, 0.6) is 0 Å². The van der Waals surface area contributed by atoms with Gasteiger partial charge in [0, 0.05) is 12.7 Å². The van der Waals surface area contributed by atoms with Crippen LogP contribution in [0.4, 0.5) is 11.6 Å². The molecule has 1 atom stereocenters. The molecule has 24 heavy (non-hydrogen) atoms. The largest absolute Gasteiger partial charge is 0.389 e. The fraction of sp³-hybridized carbons (Fsp3) is 0.312. The van der Waals surface area contributed by atoms with Crippen LogP contribution in [0.3, 0.4) is 0 Å². The van der Waals surface area contributed by atoms with Crippen molar-refractivity contribution in [3.8, 4) is 0 Å². The van der Waals surface area contributed by atoms with Crippen LogP contribution in [0.25, 0.3) is 11.2 Å². The molecule has 3 heterocycles. The van der Waals surface area contributed by atoms with Gasteiger partial charge >= 0.3 is 5.69 Å². The van der Waals surface area contributed by atoms with E-state index < -0.39 is 17.4 Å². The predicted octanol–water partition coefficient (Wildman–Crippen LogP) is 0.244. The number of rotatable bonds is 1. The summed E-state index contributed by atoms with van der Waals surface area (Å²) in [7, 11) is 1.56. The maximum atomic E-state index is 12.2. The van der Waals surface area contributed by atoms with Gasteiger partial charge in [-0.05, 0) is 19.1 Å². The molecule has 1 aromatic carbocycles. The number of imidazole rings is 1. The molecular formula is C16H17N5O3. The van der Waals surface area contributed by atoms with Crippen molar-refractivity contribution in [3.63, 3.8) is 0 Å². The fourth-order valence-corrected chi connectivity index (χ4v) is 3.11.